The van der Waals surface area contributed by atoms with Crippen LogP contribution >= 0.6 is 39.3 Å². The molecule has 1 aliphatic rings. The van der Waals surface area contributed by atoms with E-state index in [4.69, 9.17) is 11.6 Å². The average molecular weight is 445 g/mol. The van der Waals surface area contributed by atoms with Gasteiger partial charge >= 0.3 is 0 Å². The molecule has 8 heteroatoms. The summed E-state index contributed by atoms with van der Waals surface area (Å²) in [6.45, 7) is -0.283. The Morgan fingerprint density at radius 3 is 2.64 bits per heavy atom. The molecule has 0 radical (unpaired) electrons. The van der Waals surface area contributed by atoms with Crippen molar-refractivity contribution in [2.75, 3.05) is 0 Å². The quantitative estimate of drug-likeness (QED) is 0.577. The molecule has 0 unspecified atom stereocenters. The highest BCUT2D eigenvalue weighted by atomic mass is 79.9. The van der Waals surface area contributed by atoms with Crippen molar-refractivity contribution in [1.82, 2.24) is 4.90 Å². The summed E-state index contributed by atoms with van der Waals surface area (Å²) in [5.74, 6) is -1.74. The zero-order valence-electron chi connectivity index (χ0n) is 12.4. The Hall–Kier alpha value is -1.70. The molecule has 1 fully saturated rings. The van der Waals surface area contributed by atoms with Gasteiger partial charge in [-0.3, -0.25) is 14.5 Å². The minimum absolute atomic E-state index is 0.0568. The molecule has 0 saturated carbocycles. The van der Waals surface area contributed by atoms with Crippen LogP contribution in [0.4, 0.5) is 13.6 Å². The standard InChI is InChI=1S/C17H9BrClF2NO2S/c18-10-4-5-13(20)9(6-10)7-15-16(23)22(17(24)25-15)8-11-12(19)2-1-3-14(11)21/h1-7H,8H2/b15-7-. The maximum Gasteiger partial charge on any atom is 0.293 e. The van der Waals surface area contributed by atoms with Gasteiger partial charge in [-0.05, 0) is 48.2 Å². The van der Waals surface area contributed by atoms with E-state index >= 15 is 0 Å². The van der Waals surface area contributed by atoms with Crippen molar-refractivity contribution < 1.29 is 18.4 Å². The zero-order chi connectivity index (χ0) is 18.1. The predicted molar refractivity (Wildman–Crippen MR) is 97.0 cm³/mol. The van der Waals surface area contributed by atoms with Crippen LogP contribution in [0.1, 0.15) is 11.1 Å². The number of hydrogen-bond donors (Lipinski definition) is 0. The summed E-state index contributed by atoms with van der Waals surface area (Å²) in [7, 11) is 0. The van der Waals surface area contributed by atoms with Crippen LogP contribution in [0, 0.1) is 11.6 Å². The van der Waals surface area contributed by atoms with Crippen LogP contribution in [0.5, 0.6) is 0 Å². The van der Waals surface area contributed by atoms with Crippen molar-refractivity contribution in [3.05, 3.63) is 73.6 Å². The summed E-state index contributed by atoms with van der Waals surface area (Å²) in [6.07, 6.45) is 1.30. The number of benzene rings is 2. The van der Waals surface area contributed by atoms with Crippen LogP contribution in [-0.4, -0.2) is 16.0 Å². The lowest BCUT2D eigenvalue weighted by Gasteiger charge is -2.14. The molecule has 0 bridgehead atoms. The molecule has 2 amide bonds. The lowest BCUT2D eigenvalue weighted by Crippen LogP contribution is -2.28. The number of rotatable bonds is 3. The summed E-state index contributed by atoms with van der Waals surface area (Å²) < 4.78 is 28.4. The van der Waals surface area contributed by atoms with Crippen molar-refractivity contribution in [1.29, 1.82) is 0 Å². The van der Waals surface area contributed by atoms with Gasteiger partial charge in [-0.15, -0.1) is 0 Å². The summed E-state index contributed by atoms with van der Waals surface area (Å²) in [5.41, 5.74) is 0.227. The first-order chi connectivity index (χ1) is 11.9. The Labute approximate surface area is 159 Å². The lowest BCUT2D eigenvalue weighted by atomic mass is 10.2. The molecule has 0 aliphatic carbocycles. The van der Waals surface area contributed by atoms with E-state index < -0.39 is 22.8 Å². The highest BCUT2D eigenvalue weighted by Crippen LogP contribution is 2.35. The summed E-state index contributed by atoms with van der Waals surface area (Å²) in [6, 6.07) is 8.39. The Balaban J connectivity index is 1.90. The van der Waals surface area contributed by atoms with Crippen LogP contribution in [0.15, 0.2) is 45.8 Å². The number of halogens is 4. The molecule has 2 aromatic rings. The Bertz CT molecular complexity index is 899. The normalized spacial score (nSPS) is 16.2. The van der Waals surface area contributed by atoms with Crippen LogP contribution in [-0.2, 0) is 11.3 Å². The fourth-order valence-corrected chi connectivity index (χ4v) is 3.67. The van der Waals surface area contributed by atoms with Crippen molar-refractivity contribution in [3.8, 4) is 0 Å². The molecule has 0 spiro atoms. The first-order valence-corrected chi connectivity index (χ1v) is 8.99. The second-order valence-electron chi connectivity index (χ2n) is 5.13. The van der Waals surface area contributed by atoms with Gasteiger partial charge in [0.2, 0.25) is 0 Å². The Morgan fingerprint density at radius 2 is 1.92 bits per heavy atom. The van der Waals surface area contributed by atoms with Gasteiger partial charge in [-0.1, -0.05) is 33.6 Å². The topological polar surface area (TPSA) is 37.4 Å². The van der Waals surface area contributed by atoms with Crippen LogP contribution in [0.25, 0.3) is 6.08 Å². The predicted octanol–water partition coefficient (Wildman–Crippen LogP) is 5.62. The Kier molecular flexibility index (Phi) is 5.27. The second-order valence-corrected chi connectivity index (χ2v) is 7.45. The Morgan fingerprint density at radius 1 is 1.16 bits per heavy atom. The first kappa shape index (κ1) is 18.1. The number of carbonyl (C=O) groups is 2. The zero-order valence-corrected chi connectivity index (χ0v) is 15.6. The number of amides is 2. The third kappa shape index (κ3) is 3.78. The van der Waals surface area contributed by atoms with Gasteiger partial charge in [0.15, 0.2) is 0 Å². The van der Waals surface area contributed by atoms with E-state index in [1.807, 2.05) is 0 Å². The van der Waals surface area contributed by atoms with Gasteiger partial charge in [0.1, 0.15) is 11.6 Å². The SMILES string of the molecule is O=C1S/C(=C\c2cc(Br)ccc2F)C(=O)N1Cc1c(F)cccc1Cl. The van der Waals surface area contributed by atoms with Crippen LogP contribution in [0.3, 0.4) is 0 Å². The highest BCUT2D eigenvalue weighted by molar-refractivity contribution is 9.10. The van der Waals surface area contributed by atoms with Gasteiger partial charge in [-0.25, -0.2) is 8.78 Å². The van der Waals surface area contributed by atoms with Crippen molar-refractivity contribution in [2.45, 2.75) is 6.54 Å². The maximum absolute atomic E-state index is 13.9. The molecule has 25 heavy (non-hydrogen) atoms. The lowest BCUT2D eigenvalue weighted by molar-refractivity contribution is -0.123. The van der Waals surface area contributed by atoms with E-state index in [0.717, 1.165) is 4.90 Å². The first-order valence-electron chi connectivity index (χ1n) is 7.00. The van der Waals surface area contributed by atoms with E-state index in [9.17, 15) is 18.4 Å². The van der Waals surface area contributed by atoms with Gasteiger partial charge < -0.3 is 0 Å². The van der Waals surface area contributed by atoms with E-state index in [1.165, 1.54) is 42.5 Å². The molecule has 0 aromatic heterocycles. The molecule has 3 nitrogen and oxygen atoms in total. The fraction of sp³-hybridized carbons (Fsp3) is 0.0588. The fourth-order valence-electron chi connectivity index (χ4n) is 2.24. The molecule has 0 N–H and O–H groups in total. The van der Waals surface area contributed by atoms with Crippen molar-refractivity contribution >= 4 is 56.5 Å². The number of imide groups is 1. The molecule has 1 saturated heterocycles. The number of nitrogens with zero attached hydrogens (tertiary/aromatic N) is 1. The van der Waals surface area contributed by atoms with E-state index in [0.29, 0.717) is 16.2 Å². The van der Waals surface area contributed by atoms with E-state index in [1.54, 1.807) is 0 Å². The highest BCUT2D eigenvalue weighted by Gasteiger charge is 2.36. The van der Waals surface area contributed by atoms with Crippen molar-refractivity contribution in [2.24, 2.45) is 0 Å². The molecule has 1 heterocycles. The molecular formula is C17H9BrClF2NO2S. The van der Waals surface area contributed by atoms with E-state index in [-0.39, 0.29) is 27.6 Å². The van der Waals surface area contributed by atoms with E-state index in [2.05, 4.69) is 15.9 Å². The van der Waals surface area contributed by atoms with Crippen LogP contribution in [0.2, 0.25) is 5.02 Å². The third-order valence-electron chi connectivity index (χ3n) is 3.50. The largest absolute Gasteiger partial charge is 0.293 e. The van der Waals surface area contributed by atoms with Gasteiger partial charge in [-0.2, -0.15) is 0 Å². The van der Waals surface area contributed by atoms with Gasteiger partial charge in [0.25, 0.3) is 11.1 Å². The average Bonchev–Trinajstić information content (AvgIpc) is 2.81. The molecule has 3 rings (SSSR count). The minimum Gasteiger partial charge on any atom is -0.268 e. The second kappa shape index (κ2) is 7.27. The molecule has 2 aromatic carbocycles. The number of thioether (sulfide) groups is 1. The van der Waals surface area contributed by atoms with Crippen molar-refractivity contribution in [3.63, 3.8) is 0 Å². The van der Waals surface area contributed by atoms with Crippen LogP contribution < -0.4 is 0 Å². The smallest absolute Gasteiger partial charge is 0.268 e. The third-order valence-corrected chi connectivity index (χ3v) is 5.25. The minimum atomic E-state index is -0.617. The number of hydrogen-bond acceptors (Lipinski definition) is 3. The molecule has 1 aliphatic heterocycles. The molecular weight excluding hydrogens is 436 g/mol. The summed E-state index contributed by atoms with van der Waals surface area (Å²) >= 11 is 9.84. The monoisotopic (exact) mass is 443 g/mol. The summed E-state index contributed by atoms with van der Waals surface area (Å²) in [5, 5.41) is -0.438. The maximum atomic E-state index is 13.9. The van der Waals surface area contributed by atoms with Gasteiger partial charge in [0.05, 0.1) is 11.4 Å². The van der Waals surface area contributed by atoms with Gasteiger partial charge in [0, 0.05) is 20.6 Å². The molecule has 128 valence electrons. The summed E-state index contributed by atoms with van der Waals surface area (Å²) in [4.78, 5) is 25.5. The molecule has 0 atom stereocenters. The number of carbonyl (C=O) groups excluding carboxylic acids is 2.